The summed E-state index contributed by atoms with van der Waals surface area (Å²) in [7, 11) is 1.25. The third-order valence-electron chi connectivity index (χ3n) is 2.56. The van der Waals surface area contributed by atoms with Crippen LogP contribution >= 0.6 is 11.6 Å². The predicted octanol–water partition coefficient (Wildman–Crippen LogP) is 3.35. The lowest BCUT2D eigenvalue weighted by Gasteiger charge is -2.09. The summed E-state index contributed by atoms with van der Waals surface area (Å²) < 4.78 is 9.84. The maximum Gasteiger partial charge on any atom is 0.343 e. The number of esters is 2. The van der Waals surface area contributed by atoms with Crippen LogP contribution in [0.1, 0.15) is 20.7 Å². The SMILES string of the molecule is COC(=O)c1ccc(Cl)cc1OC(=O)c1ccccc1. The third-order valence-corrected chi connectivity index (χ3v) is 2.80. The van der Waals surface area contributed by atoms with Crippen LogP contribution < -0.4 is 4.74 Å². The van der Waals surface area contributed by atoms with E-state index in [0.717, 1.165) is 0 Å². The summed E-state index contributed by atoms with van der Waals surface area (Å²) in [4.78, 5) is 23.6. The van der Waals surface area contributed by atoms with Gasteiger partial charge in [0.25, 0.3) is 0 Å². The highest BCUT2D eigenvalue weighted by Crippen LogP contribution is 2.25. The van der Waals surface area contributed by atoms with Gasteiger partial charge in [0.1, 0.15) is 11.3 Å². The Bertz CT molecular complexity index is 638. The maximum atomic E-state index is 12.0. The van der Waals surface area contributed by atoms with Crippen LogP contribution in [0.2, 0.25) is 5.02 Å². The normalized spacial score (nSPS) is 9.90. The lowest BCUT2D eigenvalue weighted by molar-refractivity contribution is 0.0593. The lowest BCUT2D eigenvalue weighted by atomic mass is 10.2. The van der Waals surface area contributed by atoms with Gasteiger partial charge >= 0.3 is 11.9 Å². The summed E-state index contributed by atoms with van der Waals surface area (Å²) in [5.74, 6) is -1.10. The van der Waals surface area contributed by atoms with E-state index in [1.54, 1.807) is 30.3 Å². The fourth-order valence-electron chi connectivity index (χ4n) is 1.59. The number of hydrogen-bond acceptors (Lipinski definition) is 4. The first-order chi connectivity index (χ1) is 9.61. The molecule has 0 saturated carbocycles. The molecule has 4 nitrogen and oxygen atoms in total. The van der Waals surface area contributed by atoms with Crippen LogP contribution in [0.4, 0.5) is 0 Å². The molecule has 0 heterocycles. The van der Waals surface area contributed by atoms with Crippen molar-refractivity contribution in [3.8, 4) is 5.75 Å². The Labute approximate surface area is 120 Å². The van der Waals surface area contributed by atoms with E-state index in [1.165, 1.54) is 25.3 Å². The van der Waals surface area contributed by atoms with E-state index in [-0.39, 0.29) is 11.3 Å². The van der Waals surface area contributed by atoms with E-state index in [4.69, 9.17) is 16.3 Å². The number of carbonyl (C=O) groups excluding carboxylic acids is 2. The number of ether oxygens (including phenoxy) is 2. The molecule has 0 amide bonds. The zero-order valence-electron chi connectivity index (χ0n) is 10.6. The Morgan fingerprint density at radius 3 is 2.35 bits per heavy atom. The van der Waals surface area contributed by atoms with Crippen LogP contribution in [0.25, 0.3) is 0 Å². The molecule has 20 heavy (non-hydrogen) atoms. The molecule has 0 unspecified atom stereocenters. The number of carbonyl (C=O) groups is 2. The highest BCUT2D eigenvalue weighted by molar-refractivity contribution is 6.30. The third kappa shape index (κ3) is 3.16. The molecule has 0 atom stereocenters. The van der Waals surface area contributed by atoms with Crippen molar-refractivity contribution >= 4 is 23.5 Å². The van der Waals surface area contributed by atoms with Gasteiger partial charge in [0.05, 0.1) is 12.7 Å². The lowest BCUT2D eigenvalue weighted by Crippen LogP contribution is -2.12. The molecule has 0 bridgehead atoms. The van der Waals surface area contributed by atoms with Gasteiger partial charge in [0.2, 0.25) is 0 Å². The minimum Gasteiger partial charge on any atom is -0.465 e. The minimum absolute atomic E-state index is 0.0678. The largest absolute Gasteiger partial charge is 0.465 e. The monoisotopic (exact) mass is 290 g/mol. The number of rotatable bonds is 3. The first-order valence-electron chi connectivity index (χ1n) is 5.77. The summed E-state index contributed by atoms with van der Waals surface area (Å²) >= 11 is 5.85. The van der Waals surface area contributed by atoms with Crippen molar-refractivity contribution in [1.29, 1.82) is 0 Å². The molecule has 0 radical (unpaired) electrons. The van der Waals surface area contributed by atoms with Crippen LogP contribution in [0, 0.1) is 0 Å². The Morgan fingerprint density at radius 1 is 1.00 bits per heavy atom. The molecule has 5 heteroatoms. The van der Waals surface area contributed by atoms with Crippen LogP contribution in [0.15, 0.2) is 48.5 Å². The zero-order valence-corrected chi connectivity index (χ0v) is 11.4. The van der Waals surface area contributed by atoms with Gasteiger partial charge in [-0.1, -0.05) is 29.8 Å². The number of hydrogen-bond donors (Lipinski definition) is 0. The highest BCUT2D eigenvalue weighted by Gasteiger charge is 2.17. The first kappa shape index (κ1) is 14.1. The molecule has 2 aromatic rings. The predicted molar refractivity (Wildman–Crippen MR) is 74.2 cm³/mol. The number of benzene rings is 2. The Hall–Kier alpha value is -2.33. The molecule has 2 aromatic carbocycles. The van der Waals surface area contributed by atoms with Crippen LogP contribution in [0.5, 0.6) is 5.75 Å². The molecule has 0 N–H and O–H groups in total. The minimum atomic E-state index is -0.600. The van der Waals surface area contributed by atoms with E-state index in [0.29, 0.717) is 10.6 Å². The van der Waals surface area contributed by atoms with Crippen LogP contribution in [-0.4, -0.2) is 19.0 Å². The van der Waals surface area contributed by atoms with Crippen molar-refractivity contribution in [2.75, 3.05) is 7.11 Å². The van der Waals surface area contributed by atoms with Gasteiger partial charge in [-0.3, -0.25) is 0 Å². The second kappa shape index (κ2) is 6.21. The quantitative estimate of drug-likeness (QED) is 0.642. The number of halogens is 1. The Morgan fingerprint density at radius 2 is 1.70 bits per heavy atom. The molecule has 0 saturated heterocycles. The second-order valence-corrected chi connectivity index (χ2v) is 4.32. The summed E-state index contributed by atoms with van der Waals surface area (Å²) in [6.07, 6.45) is 0. The fourth-order valence-corrected chi connectivity index (χ4v) is 1.75. The molecule has 102 valence electrons. The van der Waals surface area contributed by atoms with E-state index in [2.05, 4.69) is 4.74 Å². The second-order valence-electron chi connectivity index (χ2n) is 3.89. The molecule has 0 aliphatic heterocycles. The van der Waals surface area contributed by atoms with Crippen molar-refractivity contribution in [1.82, 2.24) is 0 Å². The van der Waals surface area contributed by atoms with Gasteiger partial charge < -0.3 is 9.47 Å². The molecule has 0 aliphatic rings. The molecule has 0 fully saturated rings. The van der Waals surface area contributed by atoms with Crippen molar-refractivity contribution < 1.29 is 19.1 Å². The molecule has 2 rings (SSSR count). The van der Waals surface area contributed by atoms with E-state index < -0.39 is 11.9 Å². The first-order valence-corrected chi connectivity index (χ1v) is 6.14. The van der Waals surface area contributed by atoms with Gasteiger partial charge in [-0.05, 0) is 24.3 Å². The smallest absolute Gasteiger partial charge is 0.343 e. The van der Waals surface area contributed by atoms with Crippen molar-refractivity contribution in [3.05, 3.63) is 64.7 Å². The average Bonchev–Trinajstić information content (AvgIpc) is 2.47. The van der Waals surface area contributed by atoms with Crippen molar-refractivity contribution in [2.45, 2.75) is 0 Å². The van der Waals surface area contributed by atoms with Gasteiger partial charge in [0, 0.05) is 11.1 Å². The summed E-state index contributed by atoms with van der Waals surface area (Å²) in [5.41, 5.74) is 0.518. The highest BCUT2D eigenvalue weighted by atomic mass is 35.5. The summed E-state index contributed by atoms with van der Waals surface area (Å²) in [5, 5.41) is 0.355. The van der Waals surface area contributed by atoms with Gasteiger partial charge in [0.15, 0.2) is 0 Å². The Balaban J connectivity index is 2.31. The van der Waals surface area contributed by atoms with Crippen molar-refractivity contribution in [2.24, 2.45) is 0 Å². The van der Waals surface area contributed by atoms with Crippen molar-refractivity contribution in [3.63, 3.8) is 0 Å². The van der Waals surface area contributed by atoms with E-state index in [1.807, 2.05) is 0 Å². The zero-order chi connectivity index (χ0) is 14.5. The van der Waals surface area contributed by atoms with Gasteiger partial charge in [-0.25, -0.2) is 9.59 Å². The molecule has 0 aliphatic carbocycles. The van der Waals surface area contributed by atoms with Crippen LogP contribution in [-0.2, 0) is 4.74 Å². The summed E-state index contributed by atoms with van der Waals surface area (Å²) in [6.45, 7) is 0. The number of methoxy groups -OCH3 is 1. The van der Waals surface area contributed by atoms with E-state index in [9.17, 15) is 9.59 Å². The van der Waals surface area contributed by atoms with Gasteiger partial charge in [-0.2, -0.15) is 0 Å². The maximum absolute atomic E-state index is 12.0. The van der Waals surface area contributed by atoms with E-state index >= 15 is 0 Å². The van der Waals surface area contributed by atoms with Crippen LogP contribution in [0.3, 0.4) is 0 Å². The fraction of sp³-hybridized carbons (Fsp3) is 0.0667. The molecular weight excluding hydrogens is 280 g/mol. The van der Waals surface area contributed by atoms with Gasteiger partial charge in [-0.15, -0.1) is 0 Å². The molecular formula is C15H11ClO4. The standard InChI is InChI=1S/C15H11ClO4/c1-19-15(18)12-8-7-11(16)9-13(12)20-14(17)10-5-3-2-4-6-10/h2-9H,1H3. The summed E-state index contributed by atoms with van der Waals surface area (Å²) in [6, 6.07) is 12.8. The molecule has 0 spiro atoms. The Kier molecular flexibility index (Phi) is 4.38. The average molecular weight is 291 g/mol. The molecule has 0 aromatic heterocycles. The topological polar surface area (TPSA) is 52.6 Å².